The summed E-state index contributed by atoms with van der Waals surface area (Å²) >= 11 is 0. The maximum atomic E-state index is 12.5. The number of esters is 1. The van der Waals surface area contributed by atoms with Crippen LogP contribution in [0.4, 0.5) is 0 Å². The number of phenolic OH excluding ortho intramolecular Hbond substituents is 1. The Bertz CT molecular complexity index is 1210. The number of carbonyl (C=O) groups is 1. The molecule has 0 bridgehead atoms. The van der Waals surface area contributed by atoms with Crippen LogP contribution in [0.15, 0.2) is 66.9 Å². The molecule has 1 aliphatic rings. The number of aromatic hydroxyl groups is 1. The average molecular weight is 371 g/mol. The van der Waals surface area contributed by atoms with Crippen LogP contribution in [0, 0.1) is 0 Å². The largest absolute Gasteiger partial charge is 0.507 e. The zero-order valence-corrected chi connectivity index (χ0v) is 15.1. The van der Waals surface area contributed by atoms with Gasteiger partial charge >= 0.3 is 5.97 Å². The average Bonchev–Trinajstić information content (AvgIpc) is 3.10. The fraction of sp³-hybridized carbons (Fsp3) is 0.0870. The van der Waals surface area contributed by atoms with Crippen LogP contribution in [0.1, 0.15) is 27.6 Å². The zero-order chi connectivity index (χ0) is 19.3. The van der Waals surface area contributed by atoms with Crippen molar-refractivity contribution >= 4 is 16.9 Å². The third-order valence-electron chi connectivity index (χ3n) is 5.17. The number of rotatable bonds is 2. The normalized spacial score (nSPS) is 14.8. The Morgan fingerprint density at radius 2 is 1.89 bits per heavy atom. The number of nitrogens with one attached hydrogen (secondary N) is 1. The van der Waals surface area contributed by atoms with Crippen LogP contribution in [0.25, 0.3) is 22.0 Å². The topological polar surface area (TPSA) is 71.5 Å². The number of H-pyrrole nitrogens is 1. The molecule has 0 saturated carbocycles. The summed E-state index contributed by atoms with van der Waals surface area (Å²) in [5.41, 5.74) is 4.36. The number of benzene rings is 3. The van der Waals surface area contributed by atoms with E-state index in [0.717, 1.165) is 27.6 Å². The number of methoxy groups -OCH3 is 1. The van der Waals surface area contributed by atoms with Gasteiger partial charge in [-0.1, -0.05) is 42.5 Å². The Morgan fingerprint density at radius 1 is 1.07 bits per heavy atom. The lowest BCUT2D eigenvalue weighted by molar-refractivity contribution is 0.0598. The summed E-state index contributed by atoms with van der Waals surface area (Å²) in [7, 11) is 1.30. The van der Waals surface area contributed by atoms with Crippen LogP contribution in [-0.2, 0) is 4.74 Å². The molecule has 0 aliphatic carbocycles. The van der Waals surface area contributed by atoms with Gasteiger partial charge in [-0.3, -0.25) is 0 Å². The SMILES string of the molecule is COC(=O)c1c(O)ccc2c1-c1c[nH]c3cccc(c13)[C@@H](c1ccccc1)O2. The van der Waals surface area contributed by atoms with Gasteiger partial charge in [-0.15, -0.1) is 0 Å². The van der Waals surface area contributed by atoms with Gasteiger partial charge in [-0.25, -0.2) is 4.79 Å². The lowest BCUT2D eigenvalue weighted by Crippen LogP contribution is -2.10. The molecule has 3 aromatic carbocycles. The number of phenols is 1. The summed E-state index contributed by atoms with van der Waals surface area (Å²) in [5, 5.41) is 11.4. The third-order valence-corrected chi connectivity index (χ3v) is 5.17. The van der Waals surface area contributed by atoms with Crippen molar-refractivity contribution in [3.63, 3.8) is 0 Å². The molecule has 1 atom stereocenters. The van der Waals surface area contributed by atoms with Gasteiger partial charge in [-0.05, 0) is 23.8 Å². The lowest BCUT2D eigenvalue weighted by Gasteiger charge is -2.20. The summed E-state index contributed by atoms with van der Waals surface area (Å²) < 4.78 is 11.4. The Labute approximate surface area is 161 Å². The molecule has 0 unspecified atom stereocenters. The predicted molar refractivity (Wildman–Crippen MR) is 106 cm³/mol. The number of hydrogen-bond acceptors (Lipinski definition) is 4. The molecule has 4 aromatic rings. The van der Waals surface area contributed by atoms with Crippen molar-refractivity contribution in [3.05, 3.63) is 83.6 Å². The quantitative estimate of drug-likeness (QED) is 0.496. The van der Waals surface area contributed by atoms with Crippen molar-refractivity contribution in [3.8, 4) is 22.6 Å². The summed E-state index contributed by atoms with van der Waals surface area (Å²) in [4.78, 5) is 15.7. The van der Waals surface area contributed by atoms with E-state index in [1.807, 2.05) is 54.7 Å². The monoisotopic (exact) mass is 371 g/mol. The standard InChI is InChI=1S/C23H17NO4/c1-27-23(26)21-17(25)10-11-18-20(21)15-12-24-16-9-5-8-14(19(15)16)22(28-18)13-6-3-2-4-7-13/h2-12,22,24-25H,1H3/t22-/m1/s1. The number of aromatic amines is 1. The smallest absolute Gasteiger partial charge is 0.342 e. The molecular weight excluding hydrogens is 354 g/mol. The molecule has 28 heavy (non-hydrogen) atoms. The number of hydrogen-bond donors (Lipinski definition) is 2. The number of carbonyl (C=O) groups excluding carboxylic acids is 1. The highest BCUT2D eigenvalue weighted by atomic mass is 16.5. The van der Waals surface area contributed by atoms with Gasteiger partial charge in [0.05, 0.1) is 7.11 Å². The van der Waals surface area contributed by atoms with Gasteiger partial charge < -0.3 is 19.6 Å². The van der Waals surface area contributed by atoms with E-state index in [-0.39, 0.29) is 17.4 Å². The van der Waals surface area contributed by atoms with Crippen LogP contribution in [-0.4, -0.2) is 23.2 Å². The molecular formula is C23H17NO4. The highest BCUT2D eigenvalue weighted by Gasteiger charge is 2.31. The summed E-state index contributed by atoms with van der Waals surface area (Å²) in [6.07, 6.45) is 1.49. The first-order valence-corrected chi connectivity index (χ1v) is 8.95. The lowest BCUT2D eigenvalue weighted by atomic mass is 9.93. The number of aromatic nitrogens is 1. The molecule has 138 valence electrons. The summed E-state index contributed by atoms with van der Waals surface area (Å²) in [6, 6.07) is 19.1. The maximum absolute atomic E-state index is 12.5. The molecule has 5 heteroatoms. The first kappa shape index (κ1) is 16.4. The minimum absolute atomic E-state index is 0.101. The highest BCUT2D eigenvalue weighted by Crippen LogP contribution is 2.48. The third kappa shape index (κ3) is 2.29. The summed E-state index contributed by atoms with van der Waals surface area (Å²) in [6.45, 7) is 0. The van der Waals surface area contributed by atoms with Crippen molar-refractivity contribution in [2.24, 2.45) is 0 Å². The molecule has 5 nitrogen and oxygen atoms in total. The van der Waals surface area contributed by atoms with E-state index in [0.29, 0.717) is 11.3 Å². The first-order valence-electron chi connectivity index (χ1n) is 8.95. The van der Waals surface area contributed by atoms with Gasteiger partial charge in [0.2, 0.25) is 0 Å². The molecule has 0 radical (unpaired) electrons. The Morgan fingerprint density at radius 3 is 2.68 bits per heavy atom. The van der Waals surface area contributed by atoms with Crippen LogP contribution in [0.3, 0.4) is 0 Å². The Kier molecular flexibility index (Phi) is 3.62. The second kappa shape index (κ2) is 6.16. The first-order chi connectivity index (χ1) is 13.7. The molecule has 0 amide bonds. The van der Waals surface area contributed by atoms with Crippen LogP contribution < -0.4 is 4.74 Å². The molecule has 0 saturated heterocycles. The van der Waals surface area contributed by atoms with E-state index in [1.165, 1.54) is 13.2 Å². The zero-order valence-electron chi connectivity index (χ0n) is 15.1. The van der Waals surface area contributed by atoms with Gasteiger partial charge in [-0.2, -0.15) is 0 Å². The van der Waals surface area contributed by atoms with Crippen molar-refractivity contribution in [1.29, 1.82) is 0 Å². The fourth-order valence-electron chi connectivity index (χ4n) is 3.94. The second-order valence-electron chi connectivity index (χ2n) is 6.71. The van der Waals surface area contributed by atoms with Crippen molar-refractivity contribution in [2.45, 2.75) is 6.10 Å². The fourth-order valence-corrected chi connectivity index (χ4v) is 3.94. The van der Waals surface area contributed by atoms with Crippen LogP contribution >= 0.6 is 0 Å². The van der Waals surface area contributed by atoms with E-state index < -0.39 is 5.97 Å². The van der Waals surface area contributed by atoms with E-state index in [9.17, 15) is 9.90 Å². The van der Waals surface area contributed by atoms with Crippen molar-refractivity contribution in [1.82, 2.24) is 4.98 Å². The van der Waals surface area contributed by atoms with E-state index >= 15 is 0 Å². The van der Waals surface area contributed by atoms with E-state index in [2.05, 4.69) is 4.98 Å². The maximum Gasteiger partial charge on any atom is 0.342 e. The van der Waals surface area contributed by atoms with E-state index in [4.69, 9.17) is 9.47 Å². The van der Waals surface area contributed by atoms with Gasteiger partial charge in [0, 0.05) is 33.8 Å². The highest BCUT2D eigenvalue weighted by molar-refractivity contribution is 6.08. The Balaban J connectivity index is 1.88. The summed E-state index contributed by atoms with van der Waals surface area (Å²) in [5.74, 6) is -0.230. The molecule has 2 N–H and O–H groups in total. The molecule has 0 spiro atoms. The second-order valence-corrected chi connectivity index (χ2v) is 6.71. The minimum Gasteiger partial charge on any atom is -0.507 e. The van der Waals surface area contributed by atoms with Crippen LogP contribution in [0.2, 0.25) is 0 Å². The minimum atomic E-state index is -0.608. The molecule has 2 heterocycles. The molecule has 1 aromatic heterocycles. The van der Waals surface area contributed by atoms with E-state index in [1.54, 1.807) is 6.07 Å². The molecule has 1 aliphatic heterocycles. The molecule has 0 fully saturated rings. The number of fused-ring (bicyclic) bond motifs is 2. The van der Waals surface area contributed by atoms with Gasteiger partial charge in [0.1, 0.15) is 23.2 Å². The van der Waals surface area contributed by atoms with Crippen LogP contribution in [0.5, 0.6) is 11.5 Å². The number of ether oxygens (including phenoxy) is 2. The van der Waals surface area contributed by atoms with Gasteiger partial charge in [0.15, 0.2) is 0 Å². The predicted octanol–water partition coefficient (Wildman–Crippen LogP) is 4.81. The Hall–Kier alpha value is -3.73. The molecule has 5 rings (SSSR count). The van der Waals surface area contributed by atoms with Crippen molar-refractivity contribution < 1.29 is 19.4 Å². The van der Waals surface area contributed by atoms with Gasteiger partial charge in [0.25, 0.3) is 0 Å². The van der Waals surface area contributed by atoms with Crippen molar-refractivity contribution in [2.75, 3.05) is 7.11 Å².